The summed E-state index contributed by atoms with van der Waals surface area (Å²) in [5.41, 5.74) is 9.32. The van der Waals surface area contributed by atoms with Gasteiger partial charge in [-0.05, 0) is 75.4 Å². The molecule has 1 atom stereocenters. The molecule has 0 fully saturated rings. The van der Waals surface area contributed by atoms with Crippen molar-refractivity contribution in [1.82, 2.24) is 10.3 Å². The second kappa shape index (κ2) is 10.6. The first kappa shape index (κ1) is 24.1. The summed E-state index contributed by atoms with van der Waals surface area (Å²) in [6.07, 6.45) is 10.3. The molecule has 40 heavy (non-hydrogen) atoms. The molecular formula is C37H29N3. The SMILES string of the molecule is C1=C(c2cccc(-c3cccnc3)c2)NC(C2=c3ccccc3=CCC2)=NC1c1cccc(-c2ccccc2)c1. The van der Waals surface area contributed by atoms with E-state index in [9.17, 15) is 0 Å². The smallest absolute Gasteiger partial charge is 0.130 e. The molecule has 0 saturated heterocycles. The minimum absolute atomic E-state index is 0.109. The van der Waals surface area contributed by atoms with Crippen LogP contribution in [0.15, 0.2) is 139 Å². The van der Waals surface area contributed by atoms with Crippen molar-refractivity contribution in [3.8, 4) is 22.3 Å². The molecule has 2 heterocycles. The number of aromatic nitrogens is 1. The van der Waals surface area contributed by atoms with Crippen molar-refractivity contribution in [2.75, 3.05) is 0 Å². The highest BCUT2D eigenvalue weighted by atomic mass is 15.0. The zero-order valence-corrected chi connectivity index (χ0v) is 22.2. The molecule has 0 saturated carbocycles. The Balaban J connectivity index is 1.36. The number of amidine groups is 1. The Bertz CT molecular complexity index is 1870. The molecule has 1 aromatic heterocycles. The third kappa shape index (κ3) is 4.78. The van der Waals surface area contributed by atoms with Crippen molar-refractivity contribution in [3.63, 3.8) is 0 Å². The van der Waals surface area contributed by atoms with E-state index in [0.29, 0.717) is 0 Å². The summed E-state index contributed by atoms with van der Waals surface area (Å²) in [7, 11) is 0. The molecule has 4 aromatic carbocycles. The fourth-order valence-electron chi connectivity index (χ4n) is 5.66. The van der Waals surface area contributed by atoms with E-state index in [1.54, 1.807) is 0 Å². The molecule has 0 amide bonds. The van der Waals surface area contributed by atoms with Crippen molar-refractivity contribution >= 4 is 23.2 Å². The topological polar surface area (TPSA) is 37.3 Å². The second-order valence-corrected chi connectivity index (χ2v) is 10.3. The fraction of sp³-hybridized carbons (Fsp3) is 0.0811. The van der Waals surface area contributed by atoms with E-state index >= 15 is 0 Å². The number of hydrogen-bond donors (Lipinski definition) is 1. The summed E-state index contributed by atoms with van der Waals surface area (Å²) >= 11 is 0. The largest absolute Gasteiger partial charge is 0.340 e. The lowest BCUT2D eigenvalue weighted by atomic mass is 9.94. The van der Waals surface area contributed by atoms with Gasteiger partial charge in [0.15, 0.2) is 0 Å². The molecular weight excluding hydrogens is 486 g/mol. The van der Waals surface area contributed by atoms with Crippen LogP contribution in [0.3, 0.4) is 0 Å². The molecule has 1 aliphatic heterocycles. The lowest BCUT2D eigenvalue weighted by Gasteiger charge is -2.26. The summed E-state index contributed by atoms with van der Waals surface area (Å²) < 4.78 is 0. The molecule has 0 spiro atoms. The van der Waals surface area contributed by atoms with Gasteiger partial charge in [-0.1, -0.05) is 103 Å². The predicted molar refractivity (Wildman–Crippen MR) is 166 cm³/mol. The number of nitrogens with one attached hydrogen (secondary N) is 1. The van der Waals surface area contributed by atoms with Crippen molar-refractivity contribution in [3.05, 3.63) is 155 Å². The van der Waals surface area contributed by atoms with Crippen molar-refractivity contribution in [1.29, 1.82) is 0 Å². The van der Waals surface area contributed by atoms with Crippen LogP contribution in [0.5, 0.6) is 0 Å². The standard InChI is InChI=1S/C37H29N3/c1-2-10-26(11-3-1)28-14-6-16-30(22-28)35-24-36(31-17-7-15-29(23-31)32-18-9-21-38-25-32)40-37(39-35)34-20-8-13-27-12-4-5-19-33(27)34/h1-7,9-19,21-25,35H,8,20H2,(H,39,40). The lowest BCUT2D eigenvalue weighted by Crippen LogP contribution is -2.37. The van der Waals surface area contributed by atoms with Crippen LogP contribution in [0, 0.1) is 0 Å². The summed E-state index contributed by atoms with van der Waals surface area (Å²) in [4.78, 5) is 9.66. The van der Waals surface area contributed by atoms with Crippen LogP contribution in [-0.4, -0.2) is 10.8 Å². The number of rotatable bonds is 5. The third-order valence-corrected chi connectivity index (χ3v) is 7.68. The number of pyridine rings is 1. The Morgan fingerprint density at radius 3 is 2.27 bits per heavy atom. The summed E-state index contributed by atoms with van der Waals surface area (Å²) in [5, 5.41) is 6.30. The Morgan fingerprint density at radius 2 is 1.40 bits per heavy atom. The molecule has 0 bridgehead atoms. The molecule has 3 nitrogen and oxygen atoms in total. The maximum atomic E-state index is 5.33. The highest BCUT2D eigenvalue weighted by Gasteiger charge is 2.22. The van der Waals surface area contributed by atoms with Crippen LogP contribution < -0.4 is 15.8 Å². The highest BCUT2D eigenvalue weighted by Crippen LogP contribution is 2.32. The monoisotopic (exact) mass is 515 g/mol. The fourth-order valence-corrected chi connectivity index (χ4v) is 5.66. The van der Waals surface area contributed by atoms with Gasteiger partial charge in [0, 0.05) is 29.2 Å². The van der Waals surface area contributed by atoms with E-state index in [1.807, 2.05) is 18.5 Å². The van der Waals surface area contributed by atoms with Crippen molar-refractivity contribution in [2.45, 2.75) is 18.9 Å². The first-order valence-corrected chi connectivity index (χ1v) is 13.8. The minimum atomic E-state index is -0.109. The number of fused-ring (bicyclic) bond motifs is 1. The summed E-state index contributed by atoms with van der Waals surface area (Å²) in [5.74, 6) is 0.958. The van der Waals surface area contributed by atoms with Crippen LogP contribution in [-0.2, 0) is 0 Å². The van der Waals surface area contributed by atoms with E-state index in [-0.39, 0.29) is 6.04 Å². The van der Waals surface area contributed by atoms with Crippen LogP contribution in [0.2, 0.25) is 0 Å². The van der Waals surface area contributed by atoms with E-state index in [2.05, 4.69) is 132 Å². The van der Waals surface area contributed by atoms with Crippen molar-refractivity contribution < 1.29 is 0 Å². The molecule has 3 heteroatoms. The number of benzene rings is 4. The van der Waals surface area contributed by atoms with Crippen LogP contribution in [0.1, 0.15) is 30.0 Å². The Labute approximate surface area is 234 Å². The molecule has 2 aliphatic rings. The first-order valence-electron chi connectivity index (χ1n) is 13.8. The van der Waals surface area contributed by atoms with Gasteiger partial charge in [0.1, 0.15) is 5.84 Å². The Morgan fingerprint density at radius 1 is 0.650 bits per heavy atom. The lowest BCUT2D eigenvalue weighted by molar-refractivity contribution is 0.879. The van der Waals surface area contributed by atoms with Gasteiger partial charge in [0.05, 0.1) is 6.04 Å². The summed E-state index contributed by atoms with van der Waals surface area (Å²) in [6.45, 7) is 0. The van der Waals surface area contributed by atoms with Gasteiger partial charge in [-0.15, -0.1) is 0 Å². The number of nitrogens with zero attached hydrogens (tertiary/aromatic N) is 2. The zero-order valence-electron chi connectivity index (χ0n) is 22.2. The van der Waals surface area contributed by atoms with E-state index in [4.69, 9.17) is 4.99 Å². The Hall–Kier alpha value is -5.02. The van der Waals surface area contributed by atoms with Crippen LogP contribution >= 0.6 is 0 Å². The van der Waals surface area contributed by atoms with E-state index in [0.717, 1.165) is 41.1 Å². The van der Waals surface area contributed by atoms with Crippen LogP contribution in [0.25, 0.3) is 39.6 Å². The normalized spacial score (nSPS) is 16.2. The average Bonchev–Trinajstić information content (AvgIpc) is 3.05. The first-order chi connectivity index (χ1) is 19.8. The molecule has 0 radical (unpaired) electrons. The minimum Gasteiger partial charge on any atom is -0.340 e. The molecule has 1 aliphatic carbocycles. The van der Waals surface area contributed by atoms with E-state index < -0.39 is 0 Å². The quantitative estimate of drug-likeness (QED) is 0.276. The Kier molecular flexibility index (Phi) is 6.39. The van der Waals surface area contributed by atoms with Crippen LogP contribution in [0.4, 0.5) is 0 Å². The maximum absolute atomic E-state index is 5.33. The molecule has 1 unspecified atom stereocenters. The molecule has 192 valence electrons. The average molecular weight is 516 g/mol. The van der Waals surface area contributed by atoms with Gasteiger partial charge >= 0.3 is 0 Å². The number of hydrogen-bond acceptors (Lipinski definition) is 3. The molecule has 5 aromatic rings. The highest BCUT2D eigenvalue weighted by molar-refractivity contribution is 6.20. The van der Waals surface area contributed by atoms with Gasteiger partial charge in [-0.25, -0.2) is 0 Å². The number of aliphatic imine (C=N–C) groups is 1. The van der Waals surface area contributed by atoms with Gasteiger partial charge < -0.3 is 5.32 Å². The summed E-state index contributed by atoms with van der Waals surface area (Å²) in [6, 6.07) is 40.6. The van der Waals surface area contributed by atoms with E-state index in [1.165, 1.54) is 32.7 Å². The van der Waals surface area contributed by atoms with Gasteiger partial charge in [-0.2, -0.15) is 0 Å². The maximum Gasteiger partial charge on any atom is 0.130 e. The third-order valence-electron chi connectivity index (χ3n) is 7.68. The zero-order chi connectivity index (χ0) is 26.7. The van der Waals surface area contributed by atoms with Gasteiger partial charge in [-0.3, -0.25) is 9.98 Å². The molecule has 7 rings (SSSR count). The second-order valence-electron chi connectivity index (χ2n) is 10.3. The predicted octanol–water partition coefficient (Wildman–Crippen LogP) is 6.92. The van der Waals surface area contributed by atoms with Gasteiger partial charge in [0.2, 0.25) is 0 Å². The van der Waals surface area contributed by atoms with Gasteiger partial charge in [0.25, 0.3) is 0 Å². The molecule has 1 N–H and O–H groups in total. The van der Waals surface area contributed by atoms with Crippen molar-refractivity contribution in [2.24, 2.45) is 4.99 Å².